The van der Waals surface area contributed by atoms with Crippen LogP contribution in [0.5, 0.6) is 11.5 Å². The fourth-order valence-electron chi connectivity index (χ4n) is 1.99. The molecule has 4 nitrogen and oxygen atoms in total. The van der Waals surface area contributed by atoms with Crippen LogP contribution in [0.4, 0.5) is 6.01 Å². The quantitative estimate of drug-likeness (QED) is 0.777. The number of nitrogens with zero attached hydrogens (tertiary/aromatic N) is 1. The summed E-state index contributed by atoms with van der Waals surface area (Å²) in [5, 5.41) is 0. The third kappa shape index (κ3) is 2.49. The molecule has 20 heavy (non-hydrogen) atoms. The zero-order chi connectivity index (χ0) is 13.9. The van der Waals surface area contributed by atoms with Gasteiger partial charge < -0.3 is 14.9 Å². The van der Waals surface area contributed by atoms with Gasteiger partial charge in [-0.05, 0) is 43.3 Å². The molecule has 3 aromatic rings. The molecule has 0 aliphatic heterocycles. The normalized spacial score (nSPS) is 10.4. The molecular weight excluding hydrogens is 252 g/mol. The molecule has 100 valence electrons. The molecule has 0 unspecified atom stereocenters. The molecule has 0 spiro atoms. The van der Waals surface area contributed by atoms with Crippen molar-refractivity contribution >= 4 is 6.01 Å². The van der Waals surface area contributed by atoms with E-state index in [1.807, 2.05) is 61.5 Å². The predicted molar refractivity (Wildman–Crippen MR) is 77.6 cm³/mol. The molecule has 1 heterocycles. The molecule has 0 bridgehead atoms. The predicted octanol–water partition coefficient (Wildman–Crippen LogP) is 4.02. The number of para-hydroxylation sites is 1. The molecular formula is C16H14N2O2. The summed E-state index contributed by atoms with van der Waals surface area (Å²) >= 11 is 0. The number of anilines is 1. The van der Waals surface area contributed by atoms with Crippen LogP contribution in [0.3, 0.4) is 0 Å². The zero-order valence-electron chi connectivity index (χ0n) is 11.0. The second kappa shape index (κ2) is 5.09. The third-order valence-corrected chi connectivity index (χ3v) is 2.92. The summed E-state index contributed by atoms with van der Waals surface area (Å²) in [4.78, 5) is 4.16. The molecule has 0 aliphatic rings. The van der Waals surface area contributed by atoms with Gasteiger partial charge >= 0.3 is 0 Å². The summed E-state index contributed by atoms with van der Waals surface area (Å²) in [6, 6.07) is 17.5. The number of nitrogens with two attached hydrogens (primary N) is 1. The summed E-state index contributed by atoms with van der Waals surface area (Å²) in [5.41, 5.74) is 7.25. The van der Waals surface area contributed by atoms with Gasteiger partial charge in [-0.3, -0.25) is 0 Å². The van der Waals surface area contributed by atoms with Crippen LogP contribution in [0, 0.1) is 6.92 Å². The number of hydrogen-bond acceptors (Lipinski definition) is 4. The maximum Gasteiger partial charge on any atom is 0.292 e. The average molecular weight is 266 g/mol. The highest BCUT2D eigenvalue weighted by molar-refractivity contribution is 5.63. The lowest BCUT2D eigenvalue weighted by Gasteiger charge is -2.05. The van der Waals surface area contributed by atoms with Gasteiger partial charge in [-0.1, -0.05) is 18.2 Å². The van der Waals surface area contributed by atoms with Crippen LogP contribution in [0.1, 0.15) is 5.76 Å². The van der Waals surface area contributed by atoms with Gasteiger partial charge in [-0.25, -0.2) is 0 Å². The Labute approximate surface area is 116 Å². The molecule has 0 radical (unpaired) electrons. The number of rotatable bonds is 3. The second-order valence-electron chi connectivity index (χ2n) is 4.40. The van der Waals surface area contributed by atoms with Crippen molar-refractivity contribution in [3.63, 3.8) is 0 Å². The number of aryl methyl sites for hydroxylation is 1. The number of aromatic nitrogens is 1. The van der Waals surface area contributed by atoms with E-state index < -0.39 is 0 Å². The molecule has 4 heteroatoms. The van der Waals surface area contributed by atoms with Gasteiger partial charge in [0.25, 0.3) is 6.01 Å². The van der Waals surface area contributed by atoms with Crippen LogP contribution in [-0.4, -0.2) is 4.98 Å². The van der Waals surface area contributed by atoms with Crippen molar-refractivity contribution in [1.82, 2.24) is 4.98 Å². The Bertz CT molecular complexity index is 703. The van der Waals surface area contributed by atoms with Crippen LogP contribution >= 0.6 is 0 Å². The van der Waals surface area contributed by atoms with E-state index in [2.05, 4.69) is 4.98 Å². The molecule has 1 aromatic heterocycles. The van der Waals surface area contributed by atoms with Crippen LogP contribution in [0.15, 0.2) is 59.0 Å². The van der Waals surface area contributed by atoms with E-state index in [9.17, 15) is 0 Å². The minimum atomic E-state index is 0.183. The van der Waals surface area contributed by atoms with E-state index in [0.29, 0.717) is 5.76 Å². The van der Waals surface area contributed by atoms with Crippen molar-refractivity contribution < 1.29 is 9.15 Å². The van der Waals surface area contributed by atoms with E-state index >= 15 is 0 Å². The van der Waals surface area contributed by atoms with E-state index in [-0.39, 0.29) is 6.01 Å². The van der Waals surface area contributed by atoms with Crippen molar-refractivity contribution in [2.75, 3.05) is 5.73 Å². The van der Waals surface area contributed by atoms with E-state index in [1.54, 1.807) is 0 Å². The Morgan fingerprint density at radius 3 is 2.20 bits per heavy atom. The smallest absolute Gasteiger partial charge is 0.292 e. The highest BCUT2D eigenvalue weighted by Crippen LogP contribution is 2.27. The van der Waals surface area contributed by atoms with Gasteiger partial charge in [-0.2, -0.15) is 4.98 Å². The highest BCUT2D eigenvalue weighted by atomic mass is 16.5. The fourth-order valence-corrected chi connectivity index (χ4v) is 1.99. The van der Waals surface area contributed by atoms with Gasteiger partial charge in [0.2, 0.25) is 0 Å². The Balaban J connectivity index is 1.83. The van der Waals surface area contributed by atoms with E-state index in [4.69, 9.17) is 14.9 Å². The number of benzene rings is 2. The Morgan fingerprint density at radius 2 is 1.60 bits per heavy atom. The molecule has 2 N–H and O–H groups in total. The second-order valence-corrected chi connectivity index (χ2v) is 4.40. The van der Waals surface area contributed by atoms with Gasteiger partial charge in [0.05, 0.1) is 0 Å². The molecule has 2 aromatic carbocycles. The summed E-state index contributed by atoms with van der Waals surface area (Å²) in [6.45, 7) is 1.84. The van der Waals surface area contributed by atoms with Crippen molar-refractivity contribution in [3.8, 4) is 22.8 Å². The van der Waals surface area contributed by atoms with Gasteiger partial charge in [0.15, 0.2) is 0 Å². The van der Waals surface area contributed by atoms with Gasteiger partial charge in [-0.15, -0.1) is 0 Å². The van der Waals surface area contributed by atoms with Crippen LogP contribution in [-0.2, 0) is 0 Å². The maximum atomic E-state index is 5.74. The molecule has 0 saturated carbocycles. The number of ether oxygens (including phenoxy) is 1. The number of hydrogen-bond donors (Lipinski definition) is 1. The molecule has 3 rings (SSSR count). The first-order chi connectivity index (χ1) is 9.72. The summed E-state index contributed by atoms with van der Waals surface area (Å²) in [6.07, 6.45) is 0. The Kier molecular flexibility index (Phi) is 3.13. The number of nitrogen functional groups attached to an aromatic ring is 1. The Hall–Kier alpha value is -2.75. The lowest BCUT2D eigenvalue weighted by molar-refractivity contribution is 0.483. The standard InChI is InChI=1S/C16H14N2O2/c1-11-15(18-16(17)19-11)12-7-9-14(10-8-12)20-13-5-3-2-4-6-13/h2-10H,1H3,(H2,17,18). The highest BCUT2D eigenvalue weighted by Gasteiger charge is 2.09. The van der Waals surface area contributed by atoms with Crippen LogP contribution in [0.25, 0.3) is 11.3 Å². The fraction of sp³-hybridized carbons (Fsp3) is 0.0625. The lowest BCUT2D eigenvalue weighted by atomic mass is 10.1. The van der Waals surface area contributed by atoms with E-state index in [1.165, 1.54) is 0 Å². The summed E-state index contributed by atoms with van der Waals surface area (Å²) in [5.74, 6) is 2.29. The maximum absolute atomic E-state index is 5.74. The molecule has 0 amide bonds. The van der Waals surface area contributed by atoms with Crippen LogP contribution < -0.4 is 10.5 Å². The largest absolute Gasteiger partial charge is 0.457 e. The lowest BCUT2D eigenvalue weighted by Crippen LogP contribution is -1.86. The van der Waals surface area contributed by atoms with E-state index in [0.717, 1.165) is 22.8 Å². The minimum Gasteiger partial charge on any atom is -0.457 e. The van der Waals surface area contributed by atoms with Crippen LogP contribution in [0.2, 0.25) is 0 Å². The minimum absolute atomic E-state index is 0.183. The van der Waals surface area contributed by atoms with Crippen molar-refractivity contribution in [2.45, 2.75) is 6.92 Å². The van der Waals surface area contributed by atoms with Crippen molar-refractivity contribution in [1.29, 1.82) is 0 Å². The van der Waals surface area contributed by atoms with Gasteiger partial charge in [0, 0.05) is 5.56 Å². The third-order valence-electron chi connectivity index (χ3n) is 2.92. The SMILES string of the molecule is Cc1oc(N)nc1-c1ccc(Oc2ccccc2)cc1. The molecule has 0 fully saturated rings. The molecule has 0 atom stereocenters. The summed E-state index contributed by atoms with van der Waals surface area (Å²) in [7, 11) is 0. The Morgan fingerprint density at radius 1 is 0.950 bits per heavy atom. The molecule has 0 saturated heterocycles. The first-order valence-corrected chi connectivity index (χ1v) is 6.28. The monoisotopic (exact) mass is 266 g/mol. The van der Waals surface area contributed by atoms with Gasteiger partial charge in [0.1, 0.15) is 23.0 Å². The number of oxazole rings is 1. The first-order valence-electron chi connectivity index (χ1n) is 6.28. The van der Waals surface area contributed by atoms with Crippen molar-refractivity contribution in [3.05, 3.63) is 60.4 Å². The average Bonchev–Trinajstić information content (AvgIpc) is 2.80. The molecule has 0 aliphatic carbocycles. The summed E-state index contributed by atoms with van der Waals surface area (Å²) < 4.78 is 11.0. The van der Waals surface area contributed by atoms with Crippen molar-refractivity contribution in [2.24, 2.45) is 0 Å². The topological polar surface area (TPSA) is 61.3 Å². The first kappa shape index (κ1) is 12.3. The zero-order valence-corrected chi connectivity index (χ0v) is 11.0.